The Morgan fingerprint density at radius 1 is 1.38 bits per heavy atom. The maximum absolute atomic E-state index is 9.54. The third-order valence-electron chi connectivity index (χ3n) is 2.75. The first-order chi connectivity index (χ1) is 6.25. The topological polar surface area (TPSA) is 29.5 Å². The number of aliphatic hydroxyl groups is 1. The van der Waals surface area contributed by atoms with Gasteiger partial charge < -0.3 is 9.84 Å². The molecular formula is C11H20O2. The maximum Gasteiger partial charge on any atom is 0.103 e. The first kappa shape index (κ1) is 10.6. The Morgan fingerprint density at radius 2 is 2.15 bits per heavy atom. The van der Waals surface area contributed by atoms with Gasteiger partial charge in [0.15, 0.2) is 0 Å². The van der Waals surface area contributed by atoms with E-state index in [-0.39, 0.29) is 18.1 Å². The number of aliphatic hydroxyl groups excluding tert-OH is 1. The molecule has 0 aromatic rings. The normalized spacial score (nSPS) is 33.0. The summed E-state index contributed by atoms with van der Waals surface area (Å²) in [7, 11) is 0. The second-order valence-electron chi connectivity index (χ2n) is 3.85. The van der Waals surface area contributed by atoms with Crippen molar-refractivity contribution < 1.29 is 9.84 Å². The fourth-order valence-corrected chi connectivity index (χ4v) is 1.67. The molecular weight excluding hydrogens is 164 g/mol. The Morgan fingerprint density at radius 3 is 2.85 bits per heavy atom. The molecule has 0 radical (unpaired) electrons. The molecule has 0 saturated carbocycles. The van der Waals surface area contributed by atoms with Crippen molar-refractivity contribution in [2.24, 2.45) is 5.92 Å². The second kappa shape index (κ2) is 5.28. The Bertz CT molecular complexity index is 165. The van der Waals surface area contributed by atoms with Gasteiger partial charge in [-0.3, -0.25) is 0 Å². The summed E-state index contributed by atoms with van der Waals surface area (Å²) in [4.78, 5) is 0. The van der Waals surface area contributed by atoms with Crippen LogP contribution in [0.15, 0.2) is 12.3 Å². The van der Waals surface area contributed by atoms with Gasteiger partial charge in [-0.05, 0) is 18.9 Å². The Kier molecular flexibility index (Phi) is 4.29. The van der Waals surface area contributed by atoms with E-state index in [0.29, 0.717) is 0 Å². The first-order valence-corrected chi connectivity index (χ1v) is 5.26. The van der Waals surface area contributed by atoms with Crippen LogP contribution in [0, 0.1) is 5.92 Å². The highest BCUT2D eigenvalue weighted by atomic mass is 16.5. The SMILES string of the molecule is CCCCC[C@@H]1OC=C[C@H](O)[C@@H]1C. The molecule has 1 N–H and O–H groups in total. The van der Waals surface area contributed by atoms with Crippen molar-refractivity contribution in [1.29, 1.82) is 0 Å². The van der Waals surface area contributed by atoms with Crippen molar-refractivity contribution in [2.75, 3.05) is 0 Å². The predicted molar refractivity (Wildman–Crippen MR) is 53.3 cm³/mol. The van der Waals surface area contributed by atoms with Crippen molar-refractivity contribution >= 4 is 0 Å². The molecule has 1 aliphatic heterocycles. The highest BCUT2D eigenvalue weighted by molar-refractivity contribution is 4.94. The molecule has 0 aliphatic carbocycles. The van der Waals surface area contributed by atoms with Gasteiger partial charge in [-0.15, -0.1) is 0 Å². The molecule has 13 heavy (non-hydrogen) atoms. The average molecular weight is 184 g/mol. The zero-order valence-corrected chi connectivity index (χ0v) is 8.57. The highest BCUT2D eigenvalue weighted by Gasteiger charge is 2.25. The predicted octanol–water partition coefficient (Wildman–Crippen LogP) is 2.48. The molecule has 3 atom stereocenters. The summed E-state index contributed by atoms with van der Waals surface area (Å²) < 4.78 is 5.47. The minimum Gasteiger partial charge on any atom is -0.498 e. The number of unbranched alkanes of at least 4 members (excludes halogenated alkanes) is 2. The van der Waals surface area contributed by atoms with E-state index in [4.69, 9.17) is 4.74 Å². The van der Waals surface area contributed by atoms with E-state index in [2.05, 4.69) is 6.92 Å². The van der Waals surface area contributed by atoms with E-state index in [1.165, 1.54) is 19.3 Å². The molecule has 0 aromatic carbocycles. The van der Waals surface area contributed by atoms with Crippen LogP contribution in [-0.2, 0) is 4.74 Å². The molecule has 0 spiro atoms. The monoisotopic (exact) mass is 184 g/mol. The Labute approximate surface area is 80.6 Å². The van der Waals surface area contributed by atoms with Crippen LogP contribution >= 0.6 is 0 Å². The summed E-state index contributed by atoms with van der Waals surface area (Å²) in [5.41, 5.74) is 0. The molecule has 0 unspecified atom stereocenters. The minimum atomic E-state index is -0.319. The van der Waals surface area contributed by atoms with Crippen LogP contribution in [0.25, 0.3) is 0 Å². The second-order valence-corrected chi connectivity index (χ2v) is 3.85. The summed E-state index contributed by atoms with van der Waals surface area (Å²) >= 11 is 0. The van der Waals surface area contributed by atoms with Crippen LogP contribution < -0.4 is 0 Å². The number of hydrogen-bond donors (Lipinski definition) is 1. The first-order valence-electron chi connectivity index (χ1n) is 5.26. The van der Waals surface area contributed by atoms with Gasteiger partial charge >= 0.3 is 0 Å². The molecule has 1 aliphatic rings. The molecule has 0 bridgehead atoms. The lowest BCUT2D eigenvalue weighted by Gasteiger charge is -2.29. The molecule has 0 fully saturated rings. The lowest BCUT2D eigenvalue weighted by Crippen LogP contribution is -2.32. The zero-order chi connectivity index (χ0) is 9.68. The van der Waals surface area contributed by atoms with Crippen LogP contribution in [0.4, 0.5) is 0 Å². The number of ether oxygens (including phenoxy) is 1. The fraction of sp³-hybridized carbons (Fsp3) is 0.818. The molecule has 0 aromatic heterocycles. The molecule has 2 nitrogen and oxygen atoms in total. The van der Waals surface area contributed by atoms with Crippen LogP contribution in [0.2, 0.25) is 0 Å². The van der Waals surface area contributed by atoms with Gasteiger partial charge in [-0.25, -0.2) is 0 Å². The molecule has 2 heteroatoms. The van der Waals surface area contributed by atoms with E-state index in [9.17, 15) is 5.11 Å². The molecule has 0 saturated heterocycles. The lowest BCUT2D eigenvalue weighted by molar-refractivity contribution is 0.00584. The van der Waals surface area contributed by atoms with Crippen LogP contribution in [0.3, 0.4) is 0 Å². The largest absolute Gasteiger partial charge is 0.498 e. The van der Waals surface area contributed by atoms with E-state index in [1.54, 1.807) is 12.3 Å². The molecule has 1 rings (SSSR count). The Hall–Kier alpha value is -0.500. The summed E-state index contributed by atoms with van der Waals surface area (Å²) in [6.07, 6.45) is 8.02. The van der Waals surface area contributed by atoms with Crippen molar-refractivity contribution in [2.45, 2.75) is 51.7 Å². The molecule has 1 heterocycles. The van der Waals surface area contributed by atoms with Crippen molar-refractivity contribution in [3.8, 4) is 0 Å². The highest BCUT2D eigenvalue weighted by Crippen LogP contribution is 2.23. The van der Waals surface area contributed by atoms with Crippen LogP contribution in [-0.4, -0.2) is 17.3 Å². The number of rotatable bonds is 4. The van der Waals surface area contributed by atoms with E-state index < -0.39 is 0 Å². The Balaban J connectivity index is 2.29. The van der Waals surface area contributed by atoms with E-state index in [1.807, 2.05) is 6.92 Å². The van der Waals surface area contributed by atoms with Crippen LogP contribution in [0.1, 0.15) is 39.5 Å². The van der Waals surface area contributed by atoms with Gasteiger partial charge in [0.2, 0.25) is 0 Å². The third kappa shape index (κ3) is 3.03. The van der Waals surface area contributed by atoms with Gasteiger partial charge in [0.25, 0.3) is 0 Å². The average Bonchev–Trinajstić information content (AvgIpc) is 2.13. The smallest absolute Gasteiger partial charge is 0.103 e. The summed E-state index contributed by atoms with van der Waals surface area (Å²) in [6, 6.07) is 0. The molecule has 76 valence electrons. The maximum atomic E-state index is 9.54. The van der Waals surface area contributed by atoms with Crippen LogP contribution in [0.5, 0.6) is 0 Å². The number of hydrogen-bond acceptors (Lipinski definition) is 2. The lowest BCUT2D eigenvalue weighted by atomic mass is 9.92. The minimum absolute atomic E-state index is 0.214. The van der Waals surface area contributed by atoms with Crippen molar-refractivity contribution in [3.63, 3.8) is 0 Å². The fourth-order valence-electron chi connectivity index (χ4n) is 1.67. The van der Waals surface area contributed by atoms with Crippen molar-refractivity contribution in [1.82, 2.24) is 0 Å². The van der Waals surface area contributed by atoms with Gasteiger partial charge in [0, 0.05) is 5.92 Å². The van der Waals surface area contributed by atoms with Crippen molar-refractivity contribution in [3.05, 3.63) is 12.3 Å². The molecule has 0 amide bonds. The van der Waals surface area contributed by atoms with Gasteiger partial charge in [-0.2, -0.15) is 0 Å². The zero-order valence-electron chi connectivity index (χ0n) is 8.57. The summed E-state index contributed by atoms with van der Waals surface area (Å²) in [5.74, 6) is 0.238. The van der Waals surface area contributed by atoms with E-state index >= 15 is 0 Å². The van der Waals surface area contributed by atoms with Gasteiger partial charge in [0.1, 0.15) is 6.10 Å². The standard InChI is InChI=1S/C11H20O2/c1-3-4-5-6-11-9(2)10(12)7-8-13-11/h7-12H,3-6H2,1-2H3/t9-,10-,11-/m0/s1. The summed E-state index contributed by atoms with van der Waals surface area (Å²) in [5, 5.41) is 9.54. The van der Waals surface area contributed by atoms with Gasteiger partial charge in [0.05, 0.1) is 12.4 Å². The van der Waals surface area contributed by atoms with E-state index in [0.717, 1.165) is 6.42 Å². The quantitative estimate of drug-likeness (QED) is 0.680. The summed E-state index contributed by atoms with van der Waals surface area (Å²) in [6.45, 7) is 4.24. The van der Waals surface area contributed by atoms with Gasteiger partial charge in [-0.1, -0.05) is 26.7 Å². The third-order valence-corrected chi connectivity index (χ3v) is 2.75.